The van der Waals surface area contributed by atoms with Crippen molar-refractivity contribution >= 4 is 6.29 Å². The first-order valence-electron chi connectivity index (χ1n) is 6.57. The molecule has 0 heterocycles. The molecule has 0 bridgehead atoms. The van der Waals surface area contributed by atoms with E-state index in [1.807, 2.05) is 26.0 Å². The smallest absolute Gasteiger partial charge is 0.150 e. The van der Waals surface area contributed by atoms with Gasteiger partial charge in [-0.1, -0.05) is 12.1 Å². The molecule has 2 aromatic carbocycles. The van der Waals surface area contributed by atoms with Crippen LogP contribution in [0.3, 0.4) is 0 Å². The van der Waals surface area contributed by atoms with Crippen LogP contribution in [0.2, 0.25) is 0 Å². The van der Waals surface area contributed by atoms with E-state index < -0.39 is 0 Å². The zero-order valence-corrected chi connectivity index (χ0v) is 11.8. The highest BCUT2D eigenvalue weighted by atomic mass is 16.5. The molecule has 3 nitrogen and oxygen atoms in total. The monoisotopic (exact) mass is 270 g/mol. The van der Waals surface area contributed by atoms with Crippen molar-refractivity contribution in [2.45, 2.75) is 13.8 Å². The highest BCUT2D eigenvalue weighted by molar-refractivity contribution is 5.74. The Morgan fingerprint density at radius 1 is 0.950 bits per heavy atom. The molecule has 0 aromatic heterocycles. The molecule has 0 aliphatic carbocycles. The molecule has 2 aromatic rings. The Labute approximate surface area is 119 Å². The number of hydrogen-bond donors (Lipinski definition) is 0. The average molecular weight is 270 g/mol. The van der Waals surface area contributed by atoms with Crippen LogP contribution in [0.15, 0.2) is 42.5 Å². The summed E-state index contributed by atoms with van der Waals surface area (Å²) >= 11 is 0. The molecule has 0 spiro atoms. The minimum atomic E-state index is 0.466. The summed E-state index contributed by atoms with van der Waals surface area (Å²) in [5.74, 6) is 1.63. The van der Waals surface area contributed by atoms with Crippen LogP contribution in [0.25, 0.3) is 0 Å². The van der Waals surface area contributed by atoms with Gasteiger partial charge in [-0.15, -0.1) is 0 Å². The SMILES string of the molecule is Cc1ccc(C)c(OCCOc2ccc(C=O)cc2)c1. The van der Waals surface area contributed by atoms with Gasteiger partial charge in [-0.25, -0.2) is 0 Å². The van der Waals surface area contributed by atoms with Crippen LogP contribution in [0, 0.1) is 13.8 Å². The van der Waals surface area contributed by atoms with E-state index in [0.29, 0.717) is 18.8 Å². The first kappa shape index (κ1) is 14.1. The third-order valence-corrected chi connectivity index (χ3v) is 2.97. The fourth-order valence-corrected chi connectivity index (χ4v) is 1.82. The lowest BCUT2D eigenvalue weighted by atomic mass is 10.1. The quantitative estimate of drug-likeness (QED) is 0.594. The maximum atomic E-state index is 10.5. The Hall–Kier alpha value is -2.29. The van der Waals surface area contributed by atoms with Gasteiger partial charge in [0.1, 0.15) is 31.0 Å². The van der Waals surface area contributed by atoms with E-state index in [0.717, 1.165) is 23.3 Å². The summed E-state index contributed by atoms with van der Waals surface area (Å²) in [5, 5.41) is 0. The largest absolute Gasteiger partial charge is 0.490 e. The zero-order valence-electron chi connectivity index (χ0n) is 11.8. The minimum absolute atomic E-state index is 0.466. The van der Waals surface area contributed by atoms with E-state index in [1.165, 1.54) is 5.56 Å². The van der Waals surface area contributed by atoms with Crippen molar-refractivity contribution in [3.05, 3.63) is 59.2 Å². The molecule has 0 fully saturated rings. The molecule has 104 valence electrons. The molecular formula is C17H18O3. The number of aldehydes is 1. The lowest BCUT2D eigenvalue weighted by Crippen LogP contribution is -2.09. The summed E-state index contributed by atoms with van der Waals surface area (Å²) < 4.78 is 11.3. The van der Waals surface area contributed by atoms with Gasteiger partial charge in [0.25, 0.3) is 0 Å². The highest BCUT2D eigenvalue weighted by Gasteiger charge is 2.00. The average Bonchev–Trinajstić information content (AvgIpc) is 2.47. The maximum absolute atomic E-state index is 10.5. The fraction of sp³-hybridized carbons (Fsp3) is 0.235. The number of benzene rings is 2. The Morgan fingerprint density at radius 2 is 1.65 bits per heavy atom. The molecule has 0 radical (unpaired) electrons. The standard InChI is InChI=1S/C17H18O3/c1-13-3-4-14(2)17(11-13)20-10-9-19-16-7-5-15(12-18)6-8-16/h3-8,11-12H,9-10H2,1-2H3. The third kappa shape index (κ3) is 3.85. The second-order valence-electron chi connectivity index (χ2n) is 4.65. The van der Waals surface area contributed by atoms with Gasteiger partial charge in [0.05, 0.1) is 0 Å². The van der Waals surface area contributed by atoms with Crippen molar-refractivity contribution in [2.75, 3.05) is 13.2 Å². The lowest BCUT2D eigenvalue weighted by Gasteiger charge is -2.11. The Bertz CT molecular complexity index is 573. The minimum Gasteiger partial charge on any atom is -0.490 e. The molecule has 0 saturated heterocycles. The van der Waals surface area contributed by atoms with Gasteiger partial charge < -0.3 is 9.47 Å². The summed E-state index contributed by atoms with van der Waals surface area (Å²) in [6, 6.07) is 13.1. The van der Waals surface area contributed by atoms with E-state index in [1.54, 1.807) is 24.3 Å². The van der Waals surface area contributed by atoms with E-state index in [4.69, 9.17) is 9.47 Å². The first-order valence-corrected chi connectivity index (χ1v) is 6.57. The topological polar surface area (TPSA) is 35.5 Å². The van der Waals surface area contributed by atoms with Gasteiger partial charge >= 0.3 is 0 Å². The predicted octanol–water partition coefficient (Wildman–Crippen LogP) is 3.57. The molecule has 20 heavy (non-hydrogen) atoms. The number of hydrogen-bond acceptors (Lipinski definition) is 3. The Kier molecular flexibility index (Phi) is 4.77. The van der Waals surface area contributed by atoms with Gasteiger partial charge in [-0.2, -0.15) is 0 Å². The van der Waals surface area contributed by atoms with Crippen molar-refractivity contribution < 1.29 is 14.3 Å². The van der Waals surface area contributed by atoms with Gasteiger partial charge in [0.15, 0.2) is 0 Å². The molecule has 0 N–H and O–H groups in total. The van der Waals surface area contributed by atoms with Crippen LogP contribution in [0.4, 0.5) is 0 Å². The number of carbonyl (C=O) groups excluding carboxylic acids is 1. The molecule has 0 unspecified atom stereocenters. The second-order valence-corrected chi connectivity index (χ2v) is 4.65. The molecule has 0 amide bonds. The number of rotatable bonds is 6. The molecule has 0 atom stereocenters. The predicted molar refractivity (Wildman–Crippen MR) is 78.7 cm³/mol. The van der Waals surface area contributed by atoms with Crippen LogP contribution in [0.5, 0.6) is 11.5 Å². The van der Waals surface area contributed by atoms with Crippen molar-refractivity contribution in [1.29, 1.82) is 0 Å². The molecule has 0 aliphatic heterocycles. The Morgan fingerprint density at radius 3 is 2.35 bits per heavy atom. The zero-order chi connectivity index (χ0) is 14.4. The molecule has 2 rings (SSSR count). The summed E-state index contributed by atoms with van der Waals surface area (Å²) in [4.78, 5) is 10.5. The fourth-order valence-electron chi connectivity index (χ4n) is 1.82. The van der Waals surface area contributed by atoms with Gasteiger partial charge in [-0.05, 0) is 55.3 Å². The molecule has 3 heteroatoms. The van der Waals surface area contributed by atoms with Crippen LogP contribution in [0.1, 0.15) is 21.5 Å². The molecule has 0 aliphatic rings. The van der Waals surface area contributed by atoms with Crippen LogP contribution in [-0.2, 0) is 0 Å². The van der Waals surface area contributed by atoms with Gasteiger partial charge in [0, 0.05) is 5.56 Å². The first-order chi connectivity index (χ1) is 9.69. The molecular weight excluding hydrogens is 252 g/mol. The van der Waals surface area contributed by atoms with E-state index in [-0.39, 0.29) is 0 Å². The van der Waals surface area contributed by atoms with Gasteiger partial charge in [0.2, 0.25) is 0 Å². The Balaban J connectivity index is 1.81. The van der Waals surface area contributed by atoms with Crippen LogP contribution >= 0.6 is 0 Å². The number of carbonyl (C=O) groups is 1. The maximum Gasteiger partial charge on any atom is 0.150 e. The van der Waals surface area contributed by atoms with Gasteiger partial charge in [-0.3, -0.25) is 4.79 Å². The van der Waals surface area contributed by atoms with E-state index >= 15 is 0 Å². The summed E-state index contributed by atoms with van der Waals surface area (Å²) in [6.07, 6.45) is 0.813. The van der Waals surface area contributed by atoms with Crippen molar-refractivity contribution in [1.82, 2.24) is 0 Å². The lowest BCUT2D eigenvalue weighted by molar-refractivity contribution is 0.112. The van der Waals surface area contributed by atoms with Crippen molar-refractivity contribution in [3.63, 3.8) is 0 Å². The van der Waals surface area contributed by atoms with Crippen molar-refractivity contribution in [3.8, 4) is 11.5 Å². The normalized spacial score (nSPS) is 10.1. The number of ether oxygens (including phenoxy) is 2. The van der Waals surface area contributed by atoms with Crippen molar-refractivity contribution in [2.24, 2.45) is 0 Å². The summed E-state index contributed by atoms with van der Waals surface area (Å²) in [5.41, 5.74) is 2.94. The highest BCUT2D eigenvalue weighted by Crippen LogP contribution is 2.19. The van der Waals surface area contributed by atoms with E-state index in [9.17, 15) is 4.79 Å². The summed E-state index contributed by atoms with van der Waals surface area (Å²) in [7, 11) is 0. The molecule has 0 saturated carbocycles. The second kappa shape index (κ2) is 6.75. The van der Waals surface area contributed by atoms with Crippen LogP contribution < -0.4 is 9.47 Å². The van der Waals surface area contributed by atoms with Crippen LogP contribution in [-0.4, -0.2) is 19.5 Å². The number of aryl methyl sites for hydroxylation is 2. The summed E-state index contributed by atoms with van der Waals surface area (Å²) in [6.45, 7) is 5.01. The van der Waals surface area contributed by atoms with E-state index in [2.05, 4.69) is 6.07 Å². The third-order valence-electron chi connectivity index (χ3n) is 2.97.